The van der Waals surface area contributed by atoms with Crippen molar-refractivity contribution in [3.05, 3.63) is 103 Å². The summed E-state index contributed by atoms with van der Waals surface area (Å²) >= 11 is 0. The molecule has 0 bridgehead atoms. The molecule has 170 valence electrons. The van der Waals surface area contributed by atoms with E-state index in [1.54, 1.807) is 11.0 Å². The van der Waals surface area contributed by atoms with E-state index in [0.29, 0.717) is 17.3 Å². The van der Waals surface area contributed by atoms with Crippen LogP contribution in [-0.4, -0.2) is 42.7 Å². The van der Waals surface area contributed by atoms with Crippen LogP contribution in [0.25, 0.3) is 17.1 Å². The zero-order valence-electron chi connectivity index (χ0n) is 18.2. The lowest BCUT2D eigenvalue weighted by Crippen LogP contribution is -2.32. The minimum Gasteiger partial charge on any atom is -0.403 e. The molecule has 10 nitrogen and oxygen atoms in total. The quantitative estimate of drug-likeness (QED) is 0.409. The number of anilines is 2. The highest BCUT2D eigenvalue weighted by molar-refractivity contribution is 6.19. The molecule has 1 atom stereocenters. The van der Waals surface area contributed by atoms with Crippen molar-refractivity contribution in [3.63, 3.8) is 0 Å². The number of rotatable bonds is 5. The maximum Gasteiger partial charge on any atom is 0.317 e. The molecule has 3 heterocycles. The Kier molecular flexibility index (Phi) is 5.08. The van der Waals surface area contributed by atoms with Crippen LogP contribution < -0.4 is 10.6 Å². The maximum absolute atomic E-state index is 13.0. The molecular weight excluding hydrogens is 444 g/mol. The molecule has 0 saturated carbocycles. The molecule has 0 aliphatic carbocycles. The Labute approximate surface area is 199 Å². The van der Waals surface area contributed by atoms with Crippen molar-refractivity contribution in [1.29, 1.82) is 0 Å². The minimum absolute atomic E-state index is 0.0858. The van der Waals surface area contributed by atoms with E-state index in [1.807, 2.05) is 78.9 Å². The van der Waals surface area contributed by atoms with E-state index >= 15 is 0 Å². The molecule has 6 rings (SSSR count). The van der Waals surface area contributed by atoms with Crippen molar-refractivity contribution in [2.24, 2.45) is 4.99 Å². The number of carbonyl (C=O) groups excluding carboxylic acids is 1. The van der Waals surface area contributed by atoms with Crippen molar-refractivity contribution < 1.29 is 9.21 Å². The molecular formula is C25H18N8O2. The third kappa shape index (κ3) is 4.04. The van der Waals surface area contributed by atoms with E-state index in [1.165, 1.54) is 6.33 Å². The summed E-state index contributed by atoms with van der Waals surface area (Å²) < 4.78 is 7.44. The van der Waals surface area contributed by atoms with E-state index in [4.69, 9.17) is 9.41 Å². The van der Waals surface area contributed by atoms with Gasteiger partial charge in [0.15, 0.2) is 0 Å². The number of amides is 1. The number of nitrogens with one attached hydrogen (secondary N) is 2. The van der Waals surface area contributed by atoms with Crippen molar-refractivity contribution in [2.75, 3.05) is 10.6 Å². The first-order chi connectivity index (χ1) is 17.2. The van der Waals surface area contributed by atoms with Crippen LogP contribution in [0.15, 0.2) is 101 Å². The van der Waals surface area contributed by atoms with Crippen LogP contribution in [0.5, 0.6) is 0 Å². The minimum atomic E-state index is -0.972. The number of hydrogen-bond acceptors (Lipinski definition) is 8. The van der Waals surface area contributed by atoms with Crippen LogP contribution >= 0.6 is 0 Å². The number of nitrogens with zero attached hydrogens (tertiary/aromatic N) is 6. The Hall–Kier alpha value is -5.12. The molecule has 3 aromatic carbocycles. The highest BCUT2D eigenvalue weighted by atomic mass is 16.4. The largest absolute Gasteiger partial charge is 0.403 e. The molecule has 10 heteroatoms. The number of aromatic nitrogens is 5. The molecule has 0 fully saturated rings. The fourth-order valence-corrected chi connectivity index (χ4v) is 3.79. The average molecular weight is 462 g/mol. The number of aliphatic imine (C=N–C) groups is 1. The second kappa shape index (κ2) is 8.67. The van der Waals surface area contributed by atoms with Crippen molar-refractivity contribution in [2.45, 2.75) is 6.17 Å². The highest BCUT2D eigenvalue weighted by Gasteiger charge is 2.27. The number of benzodiazepines with no additional fused rings is 1. The van der Waals surface area contributed by atoms with Gasteiger partial charge in [0.1, 0.15) is 12.7 Å². The van der Waals surface area contributed by atoms with Gasteiger partial charge >= 0.3 is 6.01 Å². The number of carbonyl (C=O) groups is 1. The third-order valence-corrected chi connectivity index (χ3v) is 5.48. The highest BCUT2D eigenvalue weighted by Crippen LogP contribution is 2.26. The summed E-state index contributed by atoms with van der Waals surface area (Å²) in [5, 5.41) is 18.2. The van der Waals surface area contributed by atoms with Gasteiger partial charge in [-0.25, -0.2) is 14.7 Å². The Balaban J connectivity index is 1.29. The first-order valence-electron chi connectivity index (χ1n) is 10.8. The molecule has 0 saturated heterocycles. The molecule has 35 heavy (non-hydrogen) atoms. The van der Waals surface area contributed by atoms with Gasteiger partial charge in [-0.3, -0.25) is 4.79 Å². The molecule has 1 aliphatic rings. The Bertz CT molecular complexity index is 1510. The summed E-state index contributed by atoms with van der Waals surface area (Å²) in [6, 6.07) is 24.8. The lowest BCUT2D eigenvalue weighted by Gasteiger charge is -2.11. The number of para-hydroxylation sites is 1. The van der Waals surface area contributed by atoms with E-state index in [-0.39, 0.29) is 11.9 Å². The smallest absolute Gasteiger partial charge is 0.317 e. The molecule has 5 aromatic rings. The van der Waals surface area contributed by atoms with Crippen LogP contribution in [0.1, 0.15) is 11.1 Å². The number of benzene rings is 3. The van der Waals surface area contributed by atoms with Gasteiger partial charge in [-0.05, 0) is 30.3 Å². The van der Waals surface area contributed by atoms with E-state index < -0.39 is 6.17 Å². The summed E-state index contributed by atoms with van der Waals surface area (Å²) in [5.41, 5.74) is 4.66. The average Bonchev–Trinajstić information content (AvgIpc) is 3.58. The van der Waals surface area contributed by atoms with E-state index in [9.17, 15) is 4.79 Å². The van der Waals surface area contributed by atoms with Crippen LogP contribution in [0.4, 0.5) is 11.7 Å². The van der Waals surface area contributed by atoms with Gasteiger partial charge in [-0.2, -0.15) is 5.10 Å². The molecule has 0 radical (unpaired) electrons. The zero-order chi connectivity index (χ0) is 23.6. The molecule has 1 amide bonds. The van der Waals surface area contributed by atoms with Gasteiger partial charge in [0.2, 0.25) is 12.1 Å². The molecule has 1 unspecified atom stereocenters. The van der Waals surface area contributed by atoms with E-state index in [0.717, 1.165) is 22.4 Å². The van der Waals surface area contributed by atoms with Crippen LogP contribution in [0.2, 0.25) is 0 Å². The summed E-state index contributed by atoms with van der Waals surface area (Å²) in [6.45, 7) is 0. The van der Waals surface area contributed by atoms with Crippen molar-refractivity contribution >= 4 is 23.3 Å². The van der Waals surface area contributed by atoms with E-state index in [2.05, 4.69) is 30.9 Å². The Morgan fingerprint density at radius 2 is 1.69 bits per heavy atom. The SMILES string of the molecule is O=C1Nc2ccccc2C(c2ccccc2)=NC1Nc1nnc(-c2ccc(-n3cncn3)cc2)o1. The van der Waals surface area contributed by atoms with Crippen LogP contribution in [-0.2, 0) is 4.79 Å². The summed E-state index contributed by atoms with van der Waals surface area (Å²) in [6.07, 6.45) is 2.11. The molecule has 1 aliphatic heterocycles. The number of hydrogen-bond donors (Lipinski definition) is 2. The van der Waals surface area contributed by atoms with Gasteiger partial charge in [-0.15, -0.1) is 5.10 Å². The summed E-state index contributed by atoms with van der Waals surface area (Å²) in [5.74, 6) is -0.0254. The lowest BCUT2D eigenvalue weighted by molar-refractivity contribution is -0.116. The standard InChI is InChI=1S/C25H18N8O2/c34-23-22(29-21(16-6-2-1-3-7-16)19-8-4-5-9-20(19)28-23)30-25-32-31-24(35-25)17-10-12-18(13-11-17)33-15-26-14-27-33/h1-15,22H,(H,28,34)(H,30,32). The Morgan fingerprint density at radius 3 is 2.49 bits per heavy atom. The van der Waals surface area contributed by atoms with Crippen LogP contribution in [0, 0.1) is 0 Å². The predicted molar refractivity (Wildman–Crippen MR) is 129 cm³/mol. The third-order valence-electron chi connectivity index (χ3n) is 5.48. The first kappa shape index (κ1) is 20.5. The summed E-state index contributed by atoms with van der Waals surface area (Å²) in [4.78, 5) is 21.7. The Morgan fingerprint density at radius 1 is 0.886 bits per heavy atom. The van der Waals surface area contributed by atoms with Gasteiger partial charge in [0.25, 0.3) is 5.91 Å². The van der Waals surface area contributed by atoms with Gasteiger partial charge < -0.3 is 15.1 Å². The van der Waals surface area contributed by atoms with Gasteiger partial charge in [0.05, 0.1) is 17.1 Å². The normalized spacial score (nSPS) is 15.0. The summed E-state index contributed by atoms with van der Waals surface area (Å²) in [7, 11) is 0. The van der Waals surface area contributed by atoms with Gasteiger partial charge in [0, 0.05) is 16.7 Å². The molecule has 0 spiro atoms. The predicted octanol–water partition coefficient (Wildman–Crippen LogP) is 3.55. The number of fused-ring (bicyclic) bond motifs is 1. The zero-order valence-corrected chi connectivity index (χ0v) is 18.2. The monoisotopic (exact) mass is 462 g/mol. The second-order valence-electron chi connectivity index (χ2n) is 7.72. The van der Waals surface area contributed by atoms with Gasteiger partial charge in [-0.1, -0.05) is 53.6 Å². The second-order valence-corrected chi connectivity index (χ2v) is 7.72. The lowest BCUT2D eigenvalue weighted by atomic mass is 10.0. The van der Waals surface area contributed by atoms with Crippen molar-refractivity contribution in [3.8, 4) is 17.1 Å². The fourth-order valence-electron chi connectivity index (χ4n) is 3.79. The van der Waals surface area contributed by atoms with Crippen LogP contribution in [0.3, 0.4) is 0 Å². The maximum atomic E-state index is 13.0. The molecule has 2 aromatic heterocycles. The van der Waals surface area contributed by atoms with Crippen molar-refractivity contribution in [1.82, 2.24) is 25.0 Å². The first-order valence-corrected chi connectivity index (χ1v) is 10.8. The molecule has 2 N–H and O–H groups in total. The fraction of sp³-hybridized carbons (Fsp3) is 0.0400. The topological polar surface area (TPSA) is 123 Å².